The van der Waals surface area contributed by atoms with Crippen molar-refractivity contribution in [3.63, 3.8) is 0 Å². The van der Waals surface area contributed by atoms with E-state index < -0.39 is 10.0 Å². The SMILES string of the molecule is CS(=O)(=O)N1CCN(C(=O)Cc2cc(=O)[nH]c(SCc3ccc(F)cc3)n2)CC1. The van der Waals surface area contributed by atoms with Crippen molar-refractivity contribution >= 4 is 27.7 Å². The van der Waals surface area contributed by atoms with Gasteiger partial charge in [0.15, 0.2) is 5.16 Å². The van der Waals surface area contributed by atoms with Crippen molar-refractivity contribution in [2.24, 2.45) is 0 Å². The van der Waals surface area contributed by atoms with Gasteiger partial charge in [-0.3, -0.25) is 9.59 Å². The van der Waals surface area contributed by atoms with E-state index in [1.807, 2.05) is 0 Å². The van der Waals surface area contributed by atoms with E-state index in [0.29, 0.717) is 29.7 Å². The van der Waals surface area contributed by atoms with Gasteiger partial charge in [0.05, 0.1) is 18.4 Å². The molecule has 11 heteroatoms. The van der Waals surface area contributed by atoms with Crippen LogP contribution in [0.3, 0.4) is 0 Å². The number of hydrogen-bond donors (Lipinski definition) is 1. The molecule has 1 aliphatic heterocycles. The molecule has 0 aliphatic carbocycles. The number of H-pyrrole nitrogens is 1. The van der Waals surface area contributed by atoms with Gasteiger partial charge in [-0.1, -0.05) is 23.9 Å². The monoisotopic (exact) mass is 440 g/mol. The van der Waals surface area contributed by atoms with Crippen LogP contribution in [0.2, 0.25) is 0 Å². The van der Waals surface area contributed by atoms with Crippen LogP contribution in [0.5, 0.6) is 0 Å². The summed E-state index contributed by atoms with van der Waals surface area (Å²) in [5, 5.41) is 0.381. The third kappa shape index (κ3) is 6.12. The first-order valence-corrected chi connectivity index (χ1v) is 11.7. The third-order valence-corrected chi connectivity index (χ3v) is 6.70. The van der Waals surface area contributed by atoms with Gasteiger partial charge in [-0.05, 0) is 17.7 Å². The lowest BCUT2D eigenvalue weighted by molar-refractivity contribution is -0.131. The highest BCUT2D eigenvalue weighted by molar-refractivity contribution is 7.98. The standard InChI is InChI=1S/C18H21FN4O4S2/c1-29(26,27)23-8-6-22(7-9-23)17(25)11-15-10-16(24)21-18(20-15)28-12-13-2-4-14(19)5-3-13/h2-5,10H,6-9,11-12H2,1H3,(H,20,21,24). The number of amides is 1. The molecule has 29 heavy (non-hydrogen) atoms. The highest BCUT2D eigenvalue weighted by Gasteiger charge is 2.26. The Kier molecular flexibility index (Phi) is 6.70. The summed E-state index contributed by atoms with van der Waals surface area (Å²) in [6.45, 7) is 1.13. The van der Waals surface area contributed by atoms with Crippen molar-refractivity contribution < 1.29 is 17.6 Å². The maximum Gasteiger partial charge on any atom is 0.251 e. The molecule has 0 bridgehead atoms. The largest absolute Gasteiger partial charge is 0.340 e. The summed E-state index contributed by atoms with van der Waals surface area (Å²) >= 11 is 1.29. The van der Waals surface area contributed by atoms with Gasteiger partial charge in [0.1, 0.15) is 5.82 Å². The minimum Gasteiger partial charge on any atom is -0.340 e. The van der Waals surface area contributed by atoms with Crippen LogP contribution >= 0.6 is 11.8 Å². The Hall–Kier alpha value is -2.24. The van der Waals surface area contributed by atoms with Gasteiger partial charge in [-0.2, -0.15) is 4.31 Å². The highest BCUT2D eigenvalue weighted by Crippen LogP contribution is 2.19. The second kappa shape index (κ2) is 9.06. The molecular formula is C18H21FN4O4S2. The summed E-state index contributed by atoms with van der Waals surface area (Å²) in [6.07, 6.45) is 1.11. The normalized spacial score (nSPS) is 15.4. The van der Waals surface area contributed by atoms with Gasteiger partial charge < -0.3 is 9.88 Å². The average Bonchev–Trinajstić information content (AvgIpc) is 2.66. The summed E-state index contributed by atoms with van der Waals surface area (Å²) < 4.78 is 37.4. The number of nitrogens with zero attached hydrogens (tertiary/aromatic N) is 3. The van der Waals surface area contributed by atoms with Crippen LogP contribution in [-0.4, -0.2) is 65.9 Å². The summed E-state index contributed by atoms with van der Waals surface area (Å²) in [5.74, 6) is -0.0254. The first kappa shape index (κ1) is 21.5. The molecule has 1 aromatic carbocycles. The summed E-state index contributed by atoms with van der Waals surface area (Å²) in [6, 6.07) is 7.33. The number of nitrogens with one attached hydrogen (secondary N) is 1. The van der Waals surface area contributed by atoms with E-state index >= 15 is 0 Å². The van der Waals surface area contributed by atoms with E-state index in [9.17, 15) is 22.4 Å². The molecule has 3 rings (SSSR count). The van der Waals surface area contributed by atoms with Crippen LogP contribution in [0.25, 0.3) is 0 Å². The van der Waals surface area contributed by atoms with Gasteiger partial charge in [-0.25, -0.2) is 17.8 Å². The number of sulfonamides is 1. The fourth-order valence-electron chi connectivity index (χ4n) is 2.91. The first-order valence-electron chi connectivity index (χ1n) is 8.91. The molecule has 0 atom stereocenters. The molecular weight excluding hydrogens is 419 g/mol. The van der Waals surface area contributed by atoms with Crippen LogP contribution in [0, 0.1) is 5.82 Å². The summed E-state index contributed by atoms with van der Waals surface area (Å²) in [7, 11) is -3.26. The smallest absolute Gasteiger partial charge is 0.251 e. The highest BCUT2D eigenvalue weighted by atomic mass is 32.2. The Labute approximate surface area is 172 Å². The molecule has 156 valence electrons. The zero-order valence-electron chi connectivity index (χ0n) is 15.8. The van der Waals surface area contributed by atoms with Crippen molar-refractivity contribution in [3.8, 4) is 0 Å². The van der Waals surface area contributed by atoms with Crippen LogP contribution in [0.4, 0.5) is 4.39 Å². The lowest BCUT2D eigenvalue weighted by Crippen LogP contribution is -2.50. The van der Waals surface area contributed by atoms with Gasteiger partial charge in [-0.15, -0.1) is 0 Å². The number of aromatic amines is 1. The molecule has 2 heterocycles. The second-order valence-electron chi connectivity index (χ2n) is 6.68. The van der Waals surface area contributed by atoms with Crippen molar-refractivity contribution in [2.75, 3.05) is 32.4 Å². The Morgan fingerprint density at radius 2 is 1.86 bits per heavy atom. The summed E-state index contributed by atoms with van der Waals surface area (Å²) in [4.78, 5) is 33.0. The van der Waals surface area contributed by atoms with E-state index in [1.165, 1.54) is 34.3 Å². The molecule has 1 fully saturated rings. The number of carbonyl (C=O) groups excluding carboxylic acids is 1. The van der Waals surface area contributed by atoms with E-state index in [0.717, 1.165) is 11.8 Å². The lowest BCUT2D eigenvalue weighted by atomic mass is 10.2. The fraction of sp³-hybridized carbons (Fsp3) is 0.389. The Morgan fingerprint density at radius 1 is 1.21 bits per heavy atom. The number of aromatic nitrogens is 2. The number of piperazine rings is 1. The maximum atomic E-state index is 13.0. The quantitative estimate of drug-likeness (QED) is 0.528. The molecule has 1 N–H and O–H groups in total. The Bertz CT molecular complexity index is 1030. The number of benzene rings is 1. The van der Waals surface area contributed by atoms with Crippen molar-refractivity contribution in [3.05, 3.63) is 57.8 Å². The predicted octanol–water partition coefficient (Wildman–Crippen LogP) is 0.848. The molecule has 1 aliphatic rings. The van der Waals surface area contributed by atoms with E-state index in [4.69, 9.17) is 0 Å². The molecule has 0 saturated carbocycles. The molecule has 8 nitrogen and oxygen atoms in total. The van der Waals surface area contributed by atoms with Crippen molar-refractivity contribution in [1.29, 1.82) is 0 Å². The molecule has 2 aromatic rings. The zero-order valence-corrected chi connectivity index (χ0v) is 17.4. The second-order valence-corrected chi connectivity index (χ2v) is 9.62. The molecule has 0 spiro atoms. The average molecular weight is 441 g/mol. The number of halogens is 1. The van der Waals surface area contributed by atoms with Crippen LogP contribution < -0.4 is 5.56 Å². The number of rotatable bonds is 6. The van der Waals surface area contributed by atoms with Gasteiger partial charge in [0.2, 0.25) is 15.9 Å². The molecule has 0 radical (unpaired) electrons. The fourth-order valence-corrected chi connectivity index (χ4v) is 4.59. The Balaban J connectivity index is 1.60. The van der Waals surface area contributed by atoms with Crippen LogP contribution in [-0.2, 0) is 27.0 Å². The molecule has 1 saturated heterocycles. The lowest BCUT2D eigenvalue weighted by Gasteiger charge is -2.33. The van der Waals surface area contributed by atoms with Gasteiger partial charge >= 0.3 is 0 Å². The minimum atomic E-state index is -3.26. The minimum absolute atomic E-state index is 0.0348. The maximum absolute atomic E-state index is 13.0. The molecule has 1 aromatic heterocycles. The third-order valence-electron chi connectivity index (χ3n) is 4.45. The van der Waals surface area contributed by atoms with Crippen molar-refractivity contribution in [1.82, 2.24) is 19.2 Å². The van der Waals surface area contributed by atoms with E-state index in [2.05, 4.69) is 9.97 Å². The van der Waals surface area contributed by atoms with Gasteiger partial charge in [0.25, 0.3) is 5.56 Å². The zero-order chi connectivity index (χ0) is 21.0. The number of hydrogen-bond acceptors (Lipinski definition) is 6. The Morgan fingerprint density at radius 3 is 2.48 bits per heavy atom. The number of thioether (sulfide) groups is 1. The number of carbonyl (C=O) groups is 1. The van der Waals surface area contributed by atoms with Crippen molar-refractivity contribution in [2.45, 2.75) is 17.3 Å². The topological polar surface area (TPSA) is 103 Å². The molecule has 1 amide bonds. The first-order chi connectivity index (χ1) is 13.7. The van der Waals surface area contributed by atoms with Crippen LogP contribution in [0.15, 0.2) is 40.3 Å². The van der Waals surface area contributed by atoms with E-state index in [1.54, 1.807) is 17.0 Å². The van der Waals surface area contributed by atoms with Gasteiger partial charge in [0, 0.05) is 38.0 Å². The van der Waals surface area contributed by atoms with E-state index in [-0.39, 0.29) is 36.8 Å². The van der Waals surface area contributed by atoms with Crippen LogP contribution in [0.1, 0.15) is 11.3 Å². The predicted molar refractivity (Wildman–Crippen MR) is 108 cm³/mol. The summed E-state index contributed by atoms with van der Waals surface area (Å²) in [5.41, 5.74) is 0.876. The molecule has 0 unspecified atom stereocenters.